The van der Waals surface area contributed by atoms with Gasteiger partial charge in [0.1, 0.15) is 0 Å². The van der Waals surface area contributed by atoms with Crippen LogP contribution >= 0.6 is 0 Å². The number of amides is 5. The number of hydrogen-bond donors (Lipinski definition) is 3. The number of anilines is 1. The molecule has 1 saturated heterocycles. The molecule has 1 aliphatic rings. The van der Waals surface area contributed by atoms with Gasteiger partial charge in [-0.15, -0.1) is 0 Å². The van der Waals surface area contributed by atoms with Crippen LogP contribution in [-0.2, 0) is 63.1 Å². The minimum Gasteiger partial charge on any atom is -0.447 e. The summed E-state index contributed by atoms with van der Waals surface area (Å²) in [7, 11) is 3.60. The topological polar surface area (TPSA) is 169 Å². The zero-order chi connectivity index (χ0) is 38.2. The number of ketones is 2. The Morgan fingerprint density at radius 3 is 2.15 bits per heavy atom. The van der Waals surface area contributed by atoms with Crippen molar-refractivity contribution in [2.75, 3.05) is 32.5 Å². The average Bonchev–Trinajstić information content (AvgIpc) is 3.57. The predicted octanol–water partition coefficient (Wildman–Crippen LogP) is 5.79. The summed E-state index contributed by atoms with van der Waals surface area (Å²) in [4.78, 5) is 82.4. The number of urea groups is 1. The van der Waals surface area contributed by atoms with Gasteiger partial charge in [0.2, 0.25) is 17.7 Å². The van der Waals surface area contributed by atoms with Gasteiger partial charge >= 0.3 is 0 Å². The SMILES string of the molecule is CC[C@H](Cc1ccc(NC([NH-])=O)cc1)C(=O)N[C@@H](CC(C)C)C(=O)C[C@@H](CCCCN(C)C(C)C)C(=O)N1CCC[C@H]1C(=O)C[C@H](C)C(=O)NC.[Y]. The number of carbonyl (C=O) groups excluding carboxylic acids is 6. The molecule has 13 heteroatoms. The molecule has 1 fully saturated rings. The van der Waals surface area contributed by atoms with Crippen molar-refractivity contribution in [1.29, 1.82) is 0 Å². The molecule has 1 aromatic rings. The van der Waals surface area contributed by atoms with Crippen molar-refractivity contribution in [3.63, 3.8) is 0 Å². The summed E-state index contributed by atoms with van der Waals surface area (Å²) in [5.74, 6) is -2.37. The third-order valence-corrected chi connectivity index (χ3v) is 10.1. The zero-order valence-electron chi connectivity index (χ0n) is 32.8. The molecule has 2 rings (SSSR count). The molecule has 0 aromatic heterocycles. The summed E-state index contributed by atoms with van der Waals surface area (Å²) in [5, 5.41) is 8.04. The van der Waals surface area contributed by atoms with E-state index >= 15 is 0 Å². The van der Waals surface area contributed by atoms with Gasteiger partial charge in [-0.05, 0) is 89.6 Å². The Hall–Kier alpha value is -2.70. The first-order valence-corrected chi connectivity index (χ1v) is 18.8. The van der Waals surface area contributed by atoms with Gasteiger partial charge in [-0.1, -0.05) is 58.4 Å². The number of benzene rings is 1. The van der Waals surface area contributed by atoms with Gasteiger partial charge in [-0.25, -0.2) is 0 Å². The van der Waals surface area contributed by atoms with E-state index in [0.717, 1.165) is 24.9 Å². The van der Waals surface area contributed by atoms with E-state index in [-0.39, 0.29) is 80.8 Å². The maximum Gasteiger partial charge on any atom is 0.226 e. The summed E-state index contributed by atoms with van der Waals surface area (Å²) < 4.78 is 0. The van der Waals surface area contributed by atoms with Gasteiger partial charge in [0, 0.05) is 82.9 Å². The van der Waals surface area contributed by atoms with Crippen LogP contribution in [0.1, 0.15) is 105 Å². The van der Waals surface area contributed by atoms with Gasteiger partial charge in [0.15, 0.2) is 17.6 Å². The fraction of sp³-hybridized carbons (Fsp3) is 0.692. The van der Waals surface area contributed by atoms with Crippen LogP contribution in [0.25, 0.3) is 5.73 Å². The number of likely N-dealkylation sites (tertiary alicyclic amines) is 1. The minimum atomic E-state index is -0.904. The number of nitrogens with one attached hydrogen (secondary N) is 4. The van der Waals surface area contributed by atoms with Gasteiger partial charge < -0.3 is 31.5 Å². The average molecular weight is 801 g/mol. The molecule has 0 saturated carbocycles. The van der Waals surface area contributed by atoms with Gasteiger partial charge in [-0.2, -0.15) is 0 Å². The summed E-state index contributed by atoms with van der Waals surface area (Å²) in [6.45, 7) is 13.2. The number of nitrogens with zero attached hydrogens (tertiary/aromatic N) is 2. The molecule has 1 aliphatic heterocycles. The van der Waals surface area contributed by atoms with E-state index in [2.05, 4.69) is 41.7 Å². The molecule has 1 radical (unpaired) electrons. The second-order valence-electron chi connectivity index (χ2n) is 15.0. The molecule has 12 nitrogen and oxygen atoms in total. The van der Waals surface area contributed by atoms with Crippen LogP contribution in [0, 0.1) is 23.7 Å². The molecule has 4 N–H and O–H groups in total. The predicted molar refractivity (Wildman–Crippen MR) is 201 cm³/mol. The number of Topliss-reactive ketones (excluding diaryl/α,β-unsaturated/α-hetero) is 2. The first-order chi connectivity index (χ1) is 24.1. The van der Waals surface area contributed by atoms with E-state index in [9.17, 15) is 28.8 Å². The van der Waals surface area contributed by atoms with E-state index in [1.54, 1.807) is 24.0 Å². The van der Waals surface area contributed by atoms with Gasteiger partial charge in [-0.3, -0.25) is 28.8 Å². The molecule has 1 aromatic carbocycles. The van der Waals surface area contributed by atoms with Crippen molar-refractivity contribution in [3.05, 3.63) is 35.6 Å². The van der Waals surface area contributed by atoms with Gasteiger partial charge in [0.05, 0.1) is 12.1 Å². The van der Waals surface area contributed by atoms with E-state index < -0.39 is 35.9 Å². The molecule has 5 atom stereocenters. The number of unbranched alkanes of at least 4 members (excludes halogenated alkanes) is 1. The van der Waals surface area contributed by atoms with Crippen molar-refractivity contribution >= 4 is 41.0 Å². The Morgan fingerprint density at radius 1 is 0.942 bits per heavy atom. The molecule has 1 heterocycles. The molecular formula is C39H63N6O6Y-. The van der Waals surface area contributed by atoms with E-state index in [0.29, 0.717) is 56.8 Å². The molecule has 0 spiro atoms. The monoisotopic (exact) mass is 800 g/mol. The molecule has 52 heavy (non-hydrogen) atoms. The second-order valence-corrected chi connectivity index (χ2v) is 15.0. The molecular weight excluding hydrogens is 737 g/mol. The molecule has 0 aliphatic carbocycles. The van der Waals surface area contributed by atoms with Crippen molar-refractivity contribution < 1.29 is 61.5 Å². The van der Waals surface area contributed by atoms with Crippen molar-refractivity contribution in [3.8, 4) is 0 Å². The first-order valence-electron chi connectivity index (χ1n) is 18.8. The summed E-state index contributed by atoms with van der Waals surface area (Å²) in [6, 6.07) is 5.12. The summed E-state index contributed by atoms with van der Waals surface area (Å²) in [5.41, 5.74) is 8.47. The second kappa shape index (κ2) is 23.9. The number of carbonyl (C=O) groups is 6. The van der Waals surface area contributed by atoms with Crippen LogP contribution in [0.5, 0.6) is 0 Å². The molecule has 0 bridgehead atoms. The van der Waals surface area contributed by atoms with Crippen LogP contribution in [0.4, 0.5) is 10.5 Å². The quantitative estimate of drug-likeness (QED) is 0.125. The van der Waals surface area contributed by atoms with Crippen LogP contribution in [0.15, 0.2) is 24.3 Å². The minimum absolute atomic E-state index is 0. The van der Waals surface area contributed by atoms with E-state index in [1.807, 2.05) is 32.9 Å². The van der Waals surface area contributed by atoms with E-state index in [1.165, 1.54) is 7.05 Å². The van der Waals surface area contributed by atoms with Crippen LogP contribution in [0.3, 0.4) is 0 Å². The number of rotatable bonds is 22. The summed E-state index contributed by atoms with van der Waals surface area (Å²) >= 11 is 0. The van der Waals surface area contributed by atoms with Crippen LogP contribution < -0.4 is 16.0 Å². The normalized spacial score (nSPS) is 16.5. The third kappa shape index (κ3) is 15.7. The molecule has 0 unspecified atom stereocenters. The Labute approximate surface area is 336 Å². The van der Waals surface area contributed by atoms with Crippen molar-refractivity contribution in [2.45, 2.75) is 124 Å². The van der Waals surface area contributed by atoms with Crippen molar-refractivity contribution in [1.82, 2.24) is 20.4 Å². The maximum atomic E-state index is 14.2. The van der Waals surface area contributed by atoms with Crippen LogP contribution in [-0.4, -0.2) is 90.4 Å². The largest absolute Gasteiger partial charge is 0.447 e. The zero-order valence-corrected chi connectivity index (χ0v) is 35.6. The fourth-order valence-electron chi connectivity index (χ4n) is 6.68. The van der Waals surface area contributed by atoms with Gasteiger partial charge in [0.25, 0.3) is 0 Å². The summed E-state index contributed by atoms with van der Waals surface area (Å²) in [6.07, 6.45) is 4.77. The van der Waals surface area contributed by atoms with Crippen LogP contribution in [0.2, 0.25) is 0 Å². The smallest absolute Gasteiger partial charge is 0.226 e. The fourth-order valence-corrected chi connectivity index (χ4v) is 6.68. The van der Waals surface area contributed by atoms with E-state index in [4.69, 9.17) is 5.73 Å². The van der Waals surface area contributed by atoms with Crippen molar-refractivity contribution in [2.24, 2.45) is 23.7 Å². The third-order valence-electron chi connectivity index (χ3n) is 10.1. The Morgan fingerprint density at radius 2 is 1.60 bits per heavy atom. The first kappa shape index (κ1) is 47.3. The maximum absolute atomic E-state index is 14.2. The Balaban J connectivity index is 0.0000135. The molecule has 289 valence electrons. The standard InChI is InChI=1S/C39H64N6O6.Y/c1-9-29(23-28-15-17-31(18-16-28)42-39(40)51)37(49)43-32(21-25(2)3)34(46)24-30(13-10-11-19-44(8)26(4)5)38(50)45-20-12-14-33(45)35(47)22-27(6)36(48)41-7;/h15-18,25-27,29-30,32-33H,9-14,19-24H2,1-8H3,(H5,40,41,42,43,48,49,51);/p-1/t27-,29+,30+,32-,33-;/m0./s1. The Kier molecular flexibility index (Phi) is 21.7. The number of hydrogen-bond acceptors (Lipinski definition) is 7. The Bertz CT molecular complexity index is 1320. The molecule has 5 amide bonds.